The molecule has 0 saturated carbocycles. The highest BCUT2D eigenvalue weighted by atomic mass is 16.5. The van der Waals surface area contributed by atoms with Gasteiger partial charge < -0.3 is 9.84 Å². The van der Waals surface area contributed by atoms with E-state index in [4.69, 9.17) is 9.84 Å². The van der Waals surface area contributed by atoms with Gasteiger partial charge in [0.2, 0.25) is 0 Å². The molecule has 0 radical (unpaired) electrons. The zero-order chi connectivity index (χ0) is 10.6. The third-order valence-electron chi connectivity index (χ3n) is 2.11. The highest BCUT2D eigenvalue weighted by Crippen LogP contribution is 2.23. The Balaban J connectivity index is 2.85. The molecule has 0 amide bonds. The van der Waals surface area contributed by atoms with Crippen LogP contribution in [0.15, 0.2) is 18.2 Å². The number of aryl methyl sites for hydroxylation is 2. The zero-order valence-corrected chi connectivity index (χ0v) is 8.41. The van der Waals surface area contributed by atoms with Crippen LogP contribution in [0.25, 0.3) is 0 Å². The van der Waals surface area contributed by atoms with Crippen LogP contribution in [-0.4, -0.2) is 18.2 Å². The minimum atomic E-state index is -0.784. The van der Waals surface area contributed by atoms with Gasteiger partial charge in [-0.25, -0.2) is 0 Å². The molecule has 3 nitrogen and oxygen atoms in total. The Labute approximate surface area is 83.3 Å². The molecule has 0 bridgehead atoms. The summed E-state index contributed by atoms with van der Waals surface area (Å²) in [6.45, 7) is 1.95. The summed E-state index contributed by atoms with van der Waals surface area (Å²) in [5, 5.41) is 8.57. The first-order chi connectivity index (χ1) is 6.65. The highest BCUT2D eigenvalue weighted by molar-refractivity contribution is 5.67. The molecular formula is C11H14O3. The van der Waals surface area contributed by atoms with Gasteiger partial charge in [-0.2, -0.15) is 0 Å². The Bertz CT molecular complexity index is 331. The van der Waals surface area contributed by atoms with Gasteiger partial charge in [0.15, 0.2) is 0 Å². The molecule has 0 atom stereocenters. The molecule has 0 fully saturated rings. The fourth-order valence-corrected chi connectivity index (χ4v) is 1.44. The molecule has 1 rings (SSSR count). The van der Waals surface area contributed by atoms with Crippen LogP contribution in [0.3, 0.4) is 0 Å². The molecule has 0 spiro atoms. The first kappa shape index (κ1) is 10.6. The maximum Gasteiger partial charge on any atom is 0.303 e. The third-order valence-corrected chi connectivity index (χ3v) is 2.11. The number of carbonyl (C=O) groups is 1. The molecule has 0 saturated heterocycles. The first-order valence-electron chi connectivity index (χ1n) is 4.49. The second-order valence-corrected chi connectivity index (χ2v) is 3.16. The molecule has 1 aromatic rings. The summed E-state index contributed by atoms with van der Waals surface area (Å²) in [6, 6.07) is 5.76. The summed E-state index contributed by atoms with van der Waals surface area (Å²) < 4.78 is 5.22. The van der Waals surface area contributed by atoms with Crippen LogP contribution < -0.4 is 4.74 Å². The van der Waals surface area contributed by atoms with Crippen LogP contribution in [0.4, 0.5) is 0 Å². The predicted octanol–water partition coefficient (Wildman–Crippen LogP) is 2.02. The molecule has 0 aliphatic carbocycles. The Hall–Kier alpha value is -1.51. The fraction of sp³-hybridized carbons (Fsp3) is 0.364. The third kappa shape index (κ3) is 2.49. The van der Waals surface area contributed by atoms with Gasteiger partial charge in [0.05, 0.1) is 7.11 Å². The van der Waals surface area contributed by atoms with Crippen molar-refractivity contribution in [3.63, 3.8) is 0 Å². The number of ether oxygens (including phenoxy) is 1. The van der Waals surface area contributed by atoms with E-state index in [9.17, 15) is 4.79 Å². The van der Waals surface area contributed by atoms with Crippen molar-refractivity contribution in [2.24, 2.45) is 0 Å². The average Bonchev–Trinajstić information content (AvgIpc) is 2.14. The van der Waals surface area contributed by atoms with E-state index in [1.54, 1.807) is 7.11 Å². The maximum absolute atomic E-state index is 10.4. The average molecular weight is 194 g/mol. The summed E-state index contributed by atoms with van der Waals surface area (Å²) in [7, 11) is 1.60. The monoisotopic (exact) mass is 194 g/mol. The Morgan fingerprint density at radius 1 is 1.50 bits per heavy atom. The smallest absolute Gasteiger partial charge is 0.303 e. The second kappa shape index (κ2) is 4.65. The van der Waals surface area contributed by atoms with Gasteiger partial charge in [0.1, 0.15) is 5.75 Å². The van der Waals surface area contributed by atoms with Gasteiger partial charge in [-0.1, -0.05) is 18.2 Å². The summed E-state index contributed by atoms with van der Waals surface area (Å²) in [6.07, 6.45) is 0.653. The number of carboxylic acids is 1. The van der Waals surface area contributed by atoms with Gasteiger partial charge >= 0.3 is 5.97 Å². The molecule has 1 N–H and O–H groups in total. The molecule has 0 aliphatic rings. The van der Waals surface area contributed by atoms with E-state index >= 15 is 0 Å². The van der Waals surface area contributed by atoms with Crippen LogP contribution >= 0.6 is 0 Å². The standard InChI is InChI=1S/C11H14O3/c1-8-4-3-5-9(11(8)14-2)6-7-10(12)13/h3-5H,6-7H2,1-2H3,(H,12,13). The van der Waals surface area contributed by atoms with Crippen LogP contribution in [0.2, 0.25) is 0 Å². The summed E-state index contributed by atoms with van der Waals surface area (Å²) in [4.78, 5) is 10.4. The van der Waals surface area contributed by atoms with E-state index < -0.39 is 5.97 Å². The van der Waals surface area contributed by atoms with Crippen molar-refractivity contribution < 1.29 is 14.6 Å². The molecule has 0 unspecified atom stereocenters. The van der Waals surface area contributed by atoms with E-state index in [1.807, 2.05) is 25.1 Å². The van der Waals surface area contributed by atoms with Crippen LogP contribution in [-0.2, 0) is 11.2 Å². The number of hydrogen-bond acceptors (Lipinski definition) is 2. The van der Waals surface area contributed by atoms with Gasteiger partial charge in [0.25, 0.3) is 0 Å². The molecule has 3 heteroatoms. The van der Waals surface area contributed by atoms with Crippen molar-refractivity contribution in [1.82, 2.24) is 0 Å². The number of benzene rings is 1. The lowest BCUT2D eigenvalue weighted by Crippen LogP contribution is -2.00. The van der Waals surface area contributed by atoms with Crippen molar-refractivity contribution in [3.8, 4) is 5.75 Å². The van der Waals surface area contributed by atoms with Crippen LogP contribution in [0.1, 0.15) is 17.5 Å². The van der Waals surface area contributed by atoms with Gasteiger partial charge in [-0.3, -0.25) is 4.79 Å². The number of rotatable bonds is 4. The van der Waals surface area contributed by atoms with E-state index in [-0.39, 0.29) is 6.42 Å². The lowest BCUT2D eigenvalue weighted by Gasteiger charge is -2.09. The second-order valence-electron chi connectivity index (χ2n) is 3.16. The number of carboxylic acid groups (broad SMARTS) is 1. The highest BCUT2D eigenvalue weighted by Gasteiger charge is 2.07. The Morgan fingerprint density at radius 3 is 2.79 bits per heavy atom. The van der Waals surface area contributed by atoms with Gasteiger partial charge in [-0.05, 0) is 24.5 Å². The lowest BCUT2D eigenvalue weighted by atomic mass is 10.1. The van der Waals surface area contributed by atoms with Gasteiger partial charge in [0, 0.05) is 6.42 Å². The molecule has 14 heavy (non-hydrogen) atoms. The maximum atomic E-state index is 10.4. The number of para-hydroxylation sites is 1. The molecular weight excluding hydrogens is 180 g/mol. The van der Waals surface area contributed by atoms with Crippen molar-refractivity contribution in [2.45, 2.75) is 19.8 Å². The molecule has 1 aromatic carbocycles. The molecule has 0 aromatic heterocycles. The zero-order valence-electron chi connectivity index (χ0n) is 8.41. The summed E-state index contributed by atoms with van der Waals surface area (Å²) in [5.74, 6) is 0.0160. The quantitative estimate of drug-likeness (QED) is 0.797. The van der Waals surface area contributed by atoms with Crippen LogP contribution in [0, 0.1) is 6.92 Å². The largest absolute Gasteiger partial charge is 0.496 e. The molecule has 0 aliphatic heterocycles. The van der Waals surface area contributed by atoms with E-state index in [2.05, 4.69) is 0 Å². The first-order valence-corrected chi connectivity index (χ1v) is 4.49. The topological polar surface area (TPSA) is 46.5 Å². The predicted molar refractivity (Wildman–Crippen MR) is 53.7 cm³/mol. The van der Waals surface area contributed by atoms with E-state index in [0.717, 1.165) is 16.9 Å². The van der Waals surface area contributed by atoms with Crippen molar-refractivity contribution in [1.29, 1.82) is 0 Å². The SMILES string of the molecule is COc1c(C)cccc1CCC(=O)O. The summed E-state index contributed by atoms with van der Waals surface area (Å²) in [5.41, 5.74) is 1.99. The van der Waals surface area contributed by atoms with Crippen molar-refractivity contribution >= 4 is 5.97 Å². The lowest BCUT2D eigenvalue weighted by molar-refractivity contribution is -0.136. The van der Waals surface area contributed by atoms with Crippen molar-refractivity contribution in [3.05, 3.63) is 29.3 Å². The molecule has 76 valence electrons. The van der Waals surface area contributed by atoms with Crippen molar-refractivity contribution in [2.75, 3.05) is 7.11 Å². The number of methoxy groups -OCH3 is 1. The Kier molecular flexibility index (Phi) is 3.51. The number of aliphatic carboxylic acids is 1. The van der Waals surface area contributed by atoms with Gasteiger partial charge in [-0.15, -0.1) is 0 Å². The summed E-state index contributed by atoms with van der Waals surface area (Å²) >= 11 is 0. The minimum absolute atomic E-state index is 0.139. The van der Waals surface area contributed by atoms with Crippen LogP contribution in [0.5, 0.6) is 5.75 Å². The Morgan fingerprint density at radius 2 is 2.21 bits per heavy atom. The number of hydrogen-bond donors (Lipinski definition) is 1. The normalized spacial score (nSPS) is 9.86. The fourth-order valence-electron chi connectivity index (χ4n) is 1.44. The molecule has 0 heterocycles. The van der Waals surface area contributed by atoms with E-state index in [1.165, 1.54) is 0 Å². The minimum Gasteiger partial charge on any atom is -0.496 e. The van der Waals surface area contributed by atoms with E-state index in [0.29, 0.717) is 6.42 Å².